The molecule has 2 bridgehead atoms. The van der Waals surface area contributed by atoms with Gasteiger partial charge in [-0.05, 0) is 54.8 Å². The second-order valence-corrected chi connectivity index (χ2v) is 6.81. The van der Waals surface area contributed by atoms with Gasteiger partial charge in [-0.1, -0.05) is 6.42 Å². The molecule has 0 spiro atoms. The second-order valence-electron chi connectivity index (χ2n) is 5.51. The standard InChI is InChI=1S/C13H14N2OS2/c16-12-9-3-4-18-11(9)14-13(17)15(12)10-6-7-1-2-8(10)5-7/h3-4,7-8,10H,1-2,5-6H2,(H,14,17)/t7-,8-,10-/m1/s1. The number of aromatic amines is 1. The van der Waals surface area contributed by atoms with E-state index in [0.29, 0.717) is 16.7 Å². The summed E-state index contributed by atoms with van der Waals surface area (Å²) in [6, 6.07) is 2.24. The molecule has 0 amide bonds. The molecule has 0 radical (unpaired) electrons. The van der Waals surface area contributed by atoms with E-state index in [1.165, 1.54) is 19.3 Å². The summed E-state index contributed by atoms with van der Waals surface area (Å²) in [4.78, 5) is 16.7. The van der Waals surface area contributed by atoms with E-state index in [-0.39, 0.29) is 5.56 Å². The summed E-state index contributed by atoms with van der Waals surface area (Å²) in [5, 5.41) is 2.74. The molecule has 0 aliphatic heterocycles. The largest absolute Gasteiger partial charge is 0.323 e. The minimum atomic E-state index is 0.104. The van der Waals surface area contributed by atoms with E-state index in [0.717, 1.165) is 22.6 Å². The number of H-pyrrole nitrogens is 1. The van der Waals surface area contributed by atoms with Crippen molar-refractivity contribution in [2.45, 2.75) is 31.7 Å². The number of hydrogen-bond acceptors (Lipinski definition) is 3. The van der Waals surface area contributed by atoms with Crippen LogP contribution >= 0.6 is 23.6 Å². The second kappa shape index (κ2) is 3.78. The first kappa shape index (κ1) is 10.9. The third-order valence-corrected chi connectivity index (χ3v) is 5.71. The van der Waals surface area contributed by atoms with Gasteiger partial charge in [0.2, 0.25) is 0 Å². The van der Waals surface area contributed by atoms with Crippen molar-refractivity contribution in [1.82, 2.24) is 9.55 Å². The van der Waals surface area contributed by atoms with E-state index < -0.39 is 0 Å². The molecule has 2 aromatic heterocycles. The van der Waals surface area contributed by atoms with E-state index >= 15 is 0 Å². The number of hydrogen-bond donors (Lipinski definition) is 1. The molecule has 0 aromatic carbocycles. The lowest BCUT2D eigenvalue weighted by atomic mass is 9.95. The van der Waals surface area contributed by atoms with Gasteiger partial charge in [-0.3, -0.25) is 9.36 Å². The summed E-state index contributed by atoms with van der Waals surface area (Å²) < 4.78 is 2.46. The van der Waals surface area contributed by atoms with Gasteiger partial charge in [-0.2, -0.15) is 0 Å². The van der Waals surface area contributed by atoms with Gasteiger partial charge in [0.05, 0.1) is 5.39 Å². The summed E-state index contributed by atoms with van der Waals surface area (Å²) in [5.74, 6) is 1.48. The maximum atomic E-state index is 12.6. The molecule has 2 aliphatic carbocycles. The summed E-state index contributed by atoms with van der Waals surface area (Å²) >= 11 is 6.95. The van der Waals surface area contributed by atoms with Gasteiger partial charge < -0.3 is 4.98 Å². The summed E-state index contributed by atoms with van der Waals surface area (Å²) in [7, 11) is 0. The van der Waals surface area contributed by atoms with E-state index in [4.69, 9.17) is 12.2 Å². The van der Waals surface area contributed by atoms with Gasteiger partial charge in [0.1, 0.15) is 4.83 Å². The Morgan fingerprint density at radius 2 is 2.28 bits per heavy atom. The molecule has 1 N–H and O–H groups in total. The van der Waals surface area contributed by atoms with Crippen LogP contribution in [0.25, 0.3) is 10.2 Å². The van der Waals surface area contributed by atoms with Crippen molar-refractivity contribution in [3.05, 3.63) is 26.6 Å². The highest BCUT2D eigenvalue weighted by Gasteiger charge is 2.41. The lowest BCUT2D eigenvalue weighted by Gasteiger charge is -2.23. The lowest BCUT2D eigenvalue weighted by Crippen LogP contribution is -2.29. The first-order valence-corrected chi connectivity index (χ1v) is 7.75. The van der Waals surface area contributed by atoms with Gasteiger partial charge in [-0.25, -0.2) is 0 Å². The molecule has 2 heterocycles. The van der Waals surface area contributed by atoms with Crippen LogP contribution in [0.5, 0.6) is 0 Å². The minimum absolute atomic E-state index is 0.104. The van der Waals surface area contributed by atoms with Crippen LogP contribution in [-0.4, -0.2) is 9.55 Å². The molecular formula is C13H14N2OS2. The molecule has 0 saturated heterocycles. The minimum Gasteiger partial charge on any atom is -0.323 e. The van der Waals surface area contributed by atoms with Gasteiger partial charge in [0, 0.05) is 6.04 Å². The quantitative estimate of drug-likeness (QED) is 0.811. The van der Waals surface area contributed by atoms with Crippen LogP contribution in [0.15, 0.2) is 16.2 Å². The third-order valence-electron chi connectivity index (χ3n) is 4.59. The van der Waals surface area contributed by atoms with Crippen LogP contribution in [0.1, 0.15) is 31.7 Å². The average Bonchev–Trinajstić information content (AvgIpc) is 3.02. The first-order chi connectivity index (χ1) is 8.74. The van der Waals surface area contributed by atoms with Gasteiger partial charge in [0.15, 0.2) is 4.77 Å². The van der Waals surface area contributed by atoms with Crippen LogP contribution in [0.2, 0.25) is 0 Å². The lowest BCUT2D eigenvalue weighted by molar-refractivity contribution is 0.319. The molecule has 0 unspecified atom stereocenters. The van der Waals surface area contributed by atoms with Crippen LogP contribution in [0, 0.1) is 16.6 Å². The topological polar surface area (TPSA) is 37.8 Å². The highest BCUT2D eigenvalue weighted by Crippen LogP contribution is 2.50. The zero-order valence-corrected chi connectivity index (χ0v) is 11.5. The Morgan fingerprint density at radius 3 is 3.00 bits per heavy atom. The molecular weight excluding hydrogens is 264 g/mol. The molecule has 18 heavy (non-hydrogen) atoms. The fourth-order valence-electron chi connectivity index (χ4n) is 3.78. The van der Waals surface area contributed by atoms with Crippen molar-refractivity contribution in [1.29, 1.82) is 0 Å². The number of nitrogens with zero attached hydrogens (tertiary/aromatic N) is 1. The van der Waals surface area contributed by atoms with E-state index in [2.05, 4.69) is 4.98 Å². The summed E-state index contributed by atoms with van der Waals surface area (Å²) in [5.41, 5.74) is 0.104. The normalized spacial score (nSPS) is 30.3. The maximum absolute atomic E-state index is 12.6. The molecule has 4 rings (SSSR count). The zero-order chi connectivity index (χ0) is 12.3. The Balaban J connectivity index is 1.95. The van der Waals surface area contributed by atoms with Crippen LogP contribution in [-0.2, 0) is 0 Å². The van der Waals surface area contributed by atoms with Crippen molar-refractivity contribution in [2.24, 2.45) is 11.8 Å². The number of aromatic nitrogens is 2. The van der Waals surface area contributed by atoms with Crippen molar-refractivity contribution >= 4 is 33.8 Å². The summed E-state index contributed by atoms with van der Waals surface area (Å²) in [6.45, 7) is 0. The fraction of sp³-hybridized carbons (Fsp3) is 0.538. The van der Waals surface area contributed by atoms with Crippen LogP contribution in [0.3, 0.4) is 0 Å². The smallest absolute Gasteiger partial charge is 0.263 e. The van der Waals surface area contributed by atoms with E-state index in [9.17, 15) is 4.79 Å². The van der Waals surface area contributed by atoms with Crippen LogP contribution in [0.4, 0.5) is 0 Å². The van der Waals surface area contributed by atoms with Gasteiger partial charge >= 0.3 is 0 Å². The van der Waals surface area contributed by atoms with Crippen molar-refractivity contribution in [3.8, 4) is 0 Å². The monoisotopic (exact) mass is 278 g/mol. The average molecular weight is 278 g/mol. The predicted octanol–water partition coefficient (Wildman–Crippen LogP) is 3.48. The SMILES string of the molecule is O=c1c2ccsc2[nH]c(=S)n1[C@@H]1C[C@@H]2CC[C@@H]1C2. The number of rotatable bonds is 1. The van der Waals surface area contributed by atoms with Gasteiger partial charge in [-0.15, -0.1) is 11.3 Å². The molecule has 5 heteroatoms. The predicted molar refractivity (Wildman–Crippen MR) is 75.8 cm³/mol. The Morgan fingerprint density at radius 1 is 1.39 bits per heavy atom. The van der Waals surface area contributed by atoms with E-state index in [1.54, 1.807) is 11.3 Å². The van der Waals surface area contributed by atoms with Gasteiger partial charge in [0.25, 0.3) is 5.56 Å². The Bertz CT molecular complexity index is 726. The third kappa shape index (κ3) is 1.40. The highest BCUT2D eigenvalue weighted by molar-refractivity contribution is 7.71. The fourth-order valence-corrected chi connectivity index (χ4v) is 4.95. The van der Waals surface area contributed by atoms with Crippen molar-refractivity contribution in [2.75, 3.05) is 0 Å². The number of thiophene rings is 1. The molecule has 3 nitrogen and oxygen atoms in total. The first-order valence-electron chi connectivity index (χ1n) is 6.46. The van der Waals surface area contributed by atoms with E-state index in [1.807, 2.05) is 16.0 Å². The van der Waals surface area contributed by atoms with Crippen molar-refractivity contribution < 1.29 is 0 Å². The number of nitrogens with one attached hydrogen (secondary N) is 1. The maximum Gasteiger partial charge on any atom is 0.263 e. The molecule has 3 atom stereocenters. The molecule has 94 valence electrons. The molecule has 2 aliphatic rings. The Kier molecular flexibility index (Phi) is 2.29. The summed E-state index contributed by atoms with van der Waals surface area (Å²) in [6.07, 6.45) is 5.02. The van der Waals surface area contributed by atoms with Crippen molar-refractivity contribution in [3.63, 3.8) is 0 Å². The molecule has 2 saturated carbocycles. The number of fused-ring (bicyclic) bond motifs is 3. The zero-order valence-electron chi connectivity index (χ0n) is 9.89. The molecule has 2 aromatic rings. The Labute approximate surface area is 113 Å². The van der Waals surface area contributed by atoms with Crippen LogP contribution < -0.4 is 5.56 Å². The highest BCUT2D eigenvalue weighted by atomic mass is 32.1. The Hall–Kier alpha value is -0.940. The molecule has 2 fully saturated rings.